The fraction of sp³-hybridized carbons (Fsp3) is 0.333. The quantitative estimate of drug-likeness (QED) is 0.121. The highest BCUT2D eigenvalue weighted by Gasteiger charge is 2.19. The number of esters is 1. The van der Waals surface area contributed by atoms with Gasteiger partial charge in [0.2, 0.25) is 0 Å². The maximum absolute atomic E-state index is 12.7. The van der Waals surface area contributed by atoms with E-state index in [1.807, 2.05) is 66.7 Å². The first kappa shape index (κ1) is 23.2. The average Bonchev–Trinajstić information content (AvgIpc) is 2.79. The molecule has 0 unspecified atom stereocenters. The van der Waals surface area contributed by atoms with Crippen molar-refractivity contribution in [3.05, 3.63) is 90.0 Å². The van der Waals surface area contributed by atoms with Gasteiger partial charge in [0, 0.05) is 5.57 Å². The topological polar surface area (TPSA) is 50.1 Å². The highest BCUT2D eigenvalue weighted by Crippen LogP contribution is 2.27. The standard InChI is InChI=1S/C27H31NO2/c1-2-3-4-5-6-7-8-9-16-21-30-27(29)25(22-28)26(23-17-12-10-13-18-23)24-19-14-11-15-20-24/h2,10-15,17-20H,1,3-9,16,21H2. The molecule has 0 saturated carbocycles. The minimum absolute atomic E-state index is 0.0506. The molecule has 0 N–H and O–H groups in total. The van der Waals surface area contributed by atoms with E-state index in [0.717, 1.165) is 36.8 Å². The van der Waals surface area contributed by atoms with Gasteiger partial charge >= 0.3 is 5.97 Å². The zero-order valence-corrected chi connectivity index (χ0v) is 17.7. The Morgan fingerprint density at radius 2 is 1.33 bits per heavy atom. The Hall–Kier alpha value is -3.12. The Bertz CT molecular complexity index is 806. The third-order valence-electron chi connectivity index (χ3n) is 4.98. The highest BCUT2D eigenvalue weighted by molar-refractivity contribution is 6.05. The van der Waals surface area contributed by atoms with Gasteiger partial charge in [-0.05, 0) is 30.4 Å². The molecular formula is C27H31NO2. The molecule has 0 aliphatic rings. The Morgan fingerprint density at radius 1 is 0.833 bits per heavy atom. The van der Waals surface area contributed by atoms with E-state index in [0.29, 0.717) is 12.2 Å². The summed E-state index contributed by atoms with van der Waals surface area (Å²) < 4.78 is 5.45. The van der Waals surface area contributed by atoms with E-state index >= 15 is 0 Å². The number of nitrogens with zero attached hydrogens (tertiary/aromatic N) is 1. The van der Waals surface area contributed by atoms with Crippen molar-refractivity contribution in [2.75, 3.05) is 6.61 Å². The molecular weight excluding hydrogens is 370 g/mol. The second-order valence-corrected chi connectivity index (χ2v) is 7.28. The molecule has 0 amide bonds. The first-order chi connectivity index (χ1) is 14.8. The zero-order chi connectivity index (χ0) is 21.4. The lowest BCUT2D eigenvalue weighted by Gasteiger charge is -2.12. The van der Waals surface area contributed by atoms with Crippen molar-refractivity contribution in [2.45, 2.75) is 51.4 Å². The van der Waals surface area contributed by atoms with Gasteiger partial charge in [0.15, 0.2) is 0 Å². The van der Waals surface area contributed by atoms with Gasteiger partial charge in [-0.15, -0.1) is 6.58 Å². The van der Waals surface area contributed by atoms with Crippen molar-refractivity contribution in [3.63, 3.8) is 0 Å². The second kappa shape index (κ2) is 14.0. The Kier molecular flexibility index (Phi) is 10.8. The van der Waals surface area contributed by atoms with Crippen molar-refractivity contribution in [3.8, 4) is 6.07 Å². The maximum Gasteiger partial charge on any atom is 0.349 e. The molecule has 156 valence electrons. The molecule has 0 fully saturated rings. The van der Waals surface area contributed by atoms with Crippen LogP contribution in [0.4, 0.5) is 0 Å². The van der Waals surface area contributed by atoms with Crippen molar-refractivity contribution in [1.29, 1.82) is 5.26 Å². The van der Waals surface area contributed by atoms with E-state index in [2.05, 4.69) is 12.6 Å². The molecule has 0 heterocycles. The van der Waals surface area contributed by atoms with E-state index in [1.54, 1.807) is 0 Å². The molecule has 0 spiro atoms. The molecule has 30 heavy (non-hydrogen) atoms. The first-order valence-corrected chi connectivity index (χ1v) is 10.8. The van der Waals surface area contributed by atoms with Crippen LogP contribution in [0.25, 0.3) is 5.57 Å². The molecule has 2 aromatic rings. The van der Waals surface area contributed by atoms with E-state index in [4.69, 9.17) is 4.74 Å². The highest BCUT2D eigenvalue weighted by atomic mass is 16.5. The van der Waals surface area contributed by atoms with Gasteiger partial charge in [-0.2, -0.15) is 5.26 Å². The van der Waals surface area contributed by atoms with Gasteiger partial charge in [0.1, 0.15) is 11.6 Å². The summed E-state index contributed by atoms with van der Waals surface area (Å²) in [4.78, 5) is 12.7. The van der Waals surface area contributed by atoms with Crippen LogP contribution >= 0.6 is 0 Å². The summed E-state index contributed by atoms with van der Waals surface area (Å²) in [5, 5.41) is 9.74. The van der Waals surface area contributed by atoms with Gasteiger partial charge in [0.25, 0.3) is 0 Å². The normalized spacial score (nSPS) is 10.1. The van der Waals surface area contributed by atoms with E-state index in [9.17, 15) is 10.1 Å². The molecule has 0 aliphatic heterocycles. The molecule has 2 rings (SSSR count). The summed E-state index contributed by atoms with van der Waals surface area (Å²) in [7, 11) is 0. The number of unbranched alkanes of at least 4 members (excludes halogenated alkanes) is 7. The summed E-state index contributed by atoms with van der Waals surface area (Å²) in [6, 6.07) is 21.1. The Labute approximate surface area is 180 Å². The van der Waals surface area contributed by atoms with Gasteiger partial charge in [-0.1, -0.05) is 98.8 Å². The number of allylic oxidation sites excluding steroid dienone is 1. The largest absolute Gasteiger partial charge is 0.462 e. The van der Waals surface area contributed by atoms with Crippen molar-refractivity contribution in [2.24, 2.45) is 0 Å². The minimum atomic E-state index is -0.551. The molecule has 2 aromatic carbocycles. The number of rotatable bonds is 13. The van der Waals surface area contributed by atoms with Crippen LogP contribution < -0.4 is 0 Å². The lowest BCUT2D eigenvalue weighted by molar-refractivity contribution is -0.138. The molecule has 0 bridgehead atoms. The third-order valence-corrected chi connectivity index (χ3v) is 4.98. The SMILES string of the molecule is C=CCCCCCCCCCOC(=O)C(C#N)=C(c1ccccc1)c1ccccc1. The van der Waals surface area contributed by atoms with Gasteiger partial charge < -0.3 is 4.74 Å². The predicted molar refractivity (Wildman–Crippen MR) is 123 cm³/mol. The molecule has 3 heteroatoms. The van der Waals surface area contributed by atoms with Gasteiger partial charge in [0.05, 0.1) is 6.61 Å². The van der Waals surface area contributed by atoms with Crippen LogP contribution in [0.1, 0.15) is 62.5 Å². The average molecular weight is 402 g/mol. The number of benzene rings is 2. The second-order valence-electron chi connectivity index (χ2n) is 7.28. The van der Waals surface area contributed by atoms with Crippen molar-refractivity contribution < 1.29 is 9.53 Å². The zero-order valence-electron chi connectivity index (χ0n) is 17.7. The Balaban J connectivity index is 1.93. The summed E-state index contributed by atoms with van der Waals surface area (Å²) >= 11 is 0. The van der Waals surface area contributed by atoms with Gasteiger partial charge in [-0.25, -0.2) is 4.79 Å². The lowest BCUT2D eigenvalue weighted by Crippen LogP contribution is -2.11. The molecule has 0 aromatic heterocycles. The van der Waals surface area contributed by atoms with Crippen LogP contribution in [-0.4, -0.2) is 12.6 Å². The Morgan fingerprint density at radius 3 is 1.83 bits per heavy atom. The van der Waals surface area contributed by atoms with Crippen LogP contribution in [0.5, 0.6) is 0 Å². The minimum Gasteiger partial charge on any atom is -0.462 e. The van der Waals surface area contributed by atoms with Crippen LogP contribution in [0.3, 0.4) is 0 Å². The van der Waals surface area contributed by atoms with E-state index < -0.39 is 5.97 Å². The number of nitriles is 1. The summed E-state index contributed by atoms with van der Waals surface area (Å²) in [5.41, 5.74) is 2.32. The predicted octanol–water partition coefficient (Wildman–Crippen LogP) is 6.86. The number of ether oxygens (including phenoxy) is 1. The van der Waals surface area contributed by atoms with Gasteiger partial charge in [-0.3, -0.25) is 0 Å². The number of hydrogen-bond donors (Lipinski definition) is 0. The summed E-state index contributed by atoms with van der Waals surface area (Å²) in [6.45, 7) is 4.09. The van der Waals surface area contributed by atoms with Crippen molar-refractivity contribution in [1.82, 2.24) is 0 Å². The fourth-order valence-electron chi connectivity index (χ4n) is 3.38. The smallest absolute Gasteiger partial charge is 0.349 e. The number of carbonyl (C=O) groups is 1. The maximum atomic E-state index is 12.7. The number of hydrogen-bond acceptors (Lipinski definition) is 3. The van der Waals surface area contributed by atoms with Crippen LogP contribution in [-0.2, 0) is 9.53 Å². The molecule has 3 nitrogen and oxygen atoms in total. The van der Waals surface area contributed by atoms with E-state index in [-0.39, 0.29) is 5.57 Å². The fourth-order valence-corrected chi connectivity index (χ4v) is 3.38. The summed E-state index contributed by atoms with van der Waals surface area (Å²) in [6.07, 6.45) is 11.0. The molecule has 0 radical (unpaired) electrons. The van der Waals surface area contributed by atoms with Crippen LogP contribution in [0, 0.1) is 11.3 Å². The monoisotopic (exact) mass is 401 g/mol. The van der Waals surface area contributed by atoms with E-state index in [1.165, 1.54) is 25.7 Å². The third kappa shape index (κ3) is 7.72. The number of carbonyl (C=O) groups excluding carboxylic acids is 1. The molecule has 0 atom stereocenters. The van der Waals surface area contributed by atoms with Crippen molar-refractivity contribution >= 4 is 11.5 Å². The molecule has 0 aliphatic carbocycles. The van der Waals surface area contributed by atoms with Crippen LogP contribution in [0.2, 0.25) is 0 Å². The molecule has 0 saturated heterocycles. The summed E-state index contributed by atoms with van der Waals surface area (Å²) in [5.74, 6) is -0.551. The first-order valence-electron chi connectivity index (χ1n) is 10.8. The lowest BCUT2D eigenvalue weighted by atomic mass is 9.93. The van der Waals surface area contributed by atoms with Crippen LogP contribution in [0.15, 0.2) is 78.9 Å².